The maximum absolute atomic E-state index is 12.2. The Labute approximate surface area is 114 Å². The maximum atomic E-state index is 12.2. The molecule has 0 aliphatic carbocycles. The van der Waals surface area contributed by atoms with Crippen LogP contribution < -0.4 is 4.74 Å². The number of carbonyl (C=O) groups is 2. The van der Waals surface area contributed by atoms with E-state index < -0.39 is 11.9 Å². The maximum Gasteiger partial charge on any atom is 0.306 e. The SMILES string of the molecule is COC(=O)CC(C)C(=O)c1cc(OC)ccc1Br. The second kappa shape index (κ2) is 6.54. The van der Waals surface area contributed by atoms with Crippen LogP contribution in [0.3, 0.4) is 0 Å². The van der Waals surface area contributed by atoms with Crippen LogP contribution in [0.2, 0.25) is 0 Å². The monoisotopic (exact) mass is 314 g/mol. The van der Waals surface area contributed by atoms with E-state index in [-0.39, 0.29) is 12.2 Å². The van der Waals surface area contributed by atoms with Crippen LogP contribution in [-0.4, -0.2) is 26.0 Å². The van der Waals surface area contributed by atoms with Crippen LogP contribution in [0.1, 0.15) is 23.7 Å². The van der Waals surface area contributed by atoms with E-state index in [2.05, 4.69) is 20.7 Å². The van der Waals surface area contributed by atoms with Crippen molar-refractivity contribution in [2.45, 2.75) is 13.3 Å². The number of halogens is 1. The minimum atomic E-state index is -0.430. The predicted molar refractivity (Wildman–Crippen MR) is 70.8 cm³/mol. The molecule has 0 heterocycles. The van der Waals surface area contributed by atoms with Gasteiger partial charge in [-0.15, -0.1) is 0 Å². The fraction of sp³-hybridized carbons (Fsp3) is 0.385. The number of ketones is 1. The number of methoxy groups -OCH3 is 2. The Morgan fingerprint density at radius 1 is 1.33 bits per heavy atom. The van der Waals surface area contributed by atoms with Crippen LogP contribution in [0.25, 0.3) is 0 Å². The molecule has 4 nitrogen and oxygen atoms in total. The van der Waals surface area contributed by atoms with Gasteiger partial charge in [-0.25, -0.2) is 0 Å². The van der Waals surface area contributed by atoms with Crippen LogP contribution in [0.4, 0.5) is 0 Å². The van der Waals surface area contributed by atoms with Gasteiger partial charge in [0.25, 0.3) is 0 Å². The van der Waals surface area contributed by atoms with E-state index >= 15 is 0 Å². The van der Waals surface area contributed by atoms with Crippen molar-refractivity contribution in [2.24, 2.45) is 5.92 Å². The number of hydrogen-bond acceptors (Lipinski definition) is 4. The van der Waals surface area contributed by atoms with Crippen LogP contribution in [0.5, 0.6) is 5.75 Å². The minimum Gasteiger partial charge on any atom is -0.497 e. The van der Waals surface area contributed by atoms with E-state index in [1.165, 1.54) is 14.2 Å². The molecular weight excluding hydrogens is 300 g/mol. The first-order chi connectivity index (χ1) is 8.49. The van der Waals surface area contributed by atoms with Crippen LogP contribution in [0.15, 0.2) is 22.7 Å². The standard InChI is InChI=1S/C13H15BrO4/c1-8(6-12(15)18-3)13(16)10-7-9(17-2)4-5-11(10)14/h4-5,7-8H,6H2,1-3H3. The molecule has 5 heteroatoms. The summed E-state index contributed by atoms with van der Waals surface area (Å²) in [5, 5.41) is 0. The molecular formula is C13H15BrO4. The molecule has 1 rings (SSSR count). The summed E-state index contributed by atoms with van der Waals surface area (Å²) < 4.78 is 10.3. The van der Waals surface area contributed by atoms with Crippen LogP contribution >= 0.6 is 15.9 Å². The number of rotatable bonds is 5. The molecule has 18 heavy (non-hydrogen) atoms. The molecule has 1 aromatic carbocycles. The predicted octanol–water partition coefficient (Wildman–Crippen LogP) is 2.84. The number of benzene rings is 1. The van der Waals surface area contributed by atoms with Gasteiger partial charge < -0.3 is 9.47 Å². The van der Waals surface area contributed by atoms with Crippen LogP contribution in [-0.2, 0) is 9.53 Å². The van der Waals surface area contributed by atoms with E-state index in [4.69, 9.17) is 4.74 Å². The lowest BCUT2D eigenvalue weighted by molar-refractivity contribution is -0.141. The van der Waals surface area contributed by atoms with Gasteiger partial charge in [-0.1, -0.05) is 22.9 Å². The molecule has 0 radical (unpaired) electrons. The van der Waals surface area contributed by atoms with Gasteiger partial charge in [0.15, 0.2) is 5.78 Å². The Morgan fingerprint density at radius 3 is 2.56 bits per heavy atom. The highest BCUT2D eigenvalue weighted by Crippen LogP contribution is 2.25. The third-order valence-electron chi connectivity index (χ3n) is 2.59. The summed E-state index contributed by atoms with van der Waals surface area (Å²) in [6.45, 7) is 1.70. The quantitative estimate of drug-likeness (QED) is 0.619. The largest absolute Gasteiger partial charge is 0.497 e. The van der Waals surface area contributed by atoms with Gasteiger partial charge in [0.1, 0.15) is 5.75 Å². The molecule has 98 valence electrons. The summed E-state index contributed by atoms with van der Waals surface area (Å²) in [6.07, 6.45) is 0.0684. The summed E-state index contributed by atoms with van der Waals surface area (Å²) in [7, 11) is 2.84. The van der Waals surface area contributed by atoms with E-state index in [9.17, 15) is 9.59 Å². The second-order valence-electron chi connectivity index (χ2n) is 3.89. The van der Waals surface area contributed by atoms with Gasteiger partial charge in [0, 0.05) is 16.0 Å². The van der Waals surface area contributed by atoms with E-state index in [0.29, 0.717) is 15.8 Å². The van der Waals surface area contributed by atoms with E-state index in [1.54, 1.807) is 25.1 Å². The number of ether oxygens (including phenoxy) is 2. The van der Waals surface area contributed by atoms with Gasteiger partial charge in [-0.05, 0) is 18.2 Å². The normalized spacial score (nSPS) is 11.8. The van der Waals surface area contributed by atoms with Gasteiger partial charge in [-0.2, -0.15) is 0 Å². The minimum absolute atomic E-state index is 0.0684. The lowest BCUT2D eigenvalue weighted by Gasteiger charge is -2.11. The summed E-state index contributed by atoms with van der Waals surface area (Å²) in [5.74, 6) is -0.339. The van der Waals surface area contributed by atoms with Crippen molar-refractivity contribution in [3.63, 3.8) is 0 Å². The first kappa shape index (κ1) is 14.7. The molecule has 0 N–H and O–H groups in total. The summed E-state index contributed by atoms with van der Waals surface area (Å²) in [4.78, 5) is 23.3. The topological polar surface area (TPSA) is 52.6 Å². The highest BCUT2D eigenvalue weighted by molar-refractivity contribution is 9.10. The molecule has 0 aliphatic rings. The Morgan fingerprint density at radius 2 is 2.00 bits per heavy atom. The van der Waals surface area contributed by atoms with Crippen molar-refractivity contribution in [2.75, 3.05) is 14.2 Å². The third kappa shape index (κ3) is 3.57. The van der Waals surface area contributed by atoms with Gasteiger partial charge in [0.2, 0.25) is 0 Å². The number of esters is 1. The van der Waals surface area contributed by atoms with E-state index in [1.807, 2.05) is 0 Å². The summed E-state index contributed by atoms with van der Waals surface area (Å²) >= 11 is 3.32. The number of Topliss-reactive ketones (excluding diaryl/α,β-unsaturated/α-hetero) is 1. The average Bonchev–Trinajstić information content (AvgIpc) is 2.38. The highest BCUT2D eigenvalue weighted by atomic mass is 79.9. The fourth-order valence-corrected chi connectivity index (χ4v) is 1.95. The first-order valence-corrected chi connectivity index (χ1v) is 6.23. The van der Waals surface area contributed by atoms with Crippen molar-refractivity contribution in [3.8, 4) is 5.75 Å². The first-order valence-electron chi connectivity index (χ1n) is 5.44. The van der Waals surface area contributed by atoms with Crippen LogP contribution in [0, 0.1) is 5.92 Å². The fourth-order valence-electron chi connectivity index (χ4n) is 1.51. The Kier molecular flexibility index (Phi) is 5.34. The summed E-state index contributed by atoms with van der Waals surface area (Å²) in [6, 6.07) is 5.16. The van der Waals surface area contributed by atoms with Crippen molar-refractivity contribution in [1.29, 1.82) is 0 Å². The molecule has 0 bridgehead atoms. The van der Waals surface area contributed by atoms with Crippen molar-refractivity contribution in [1.82, 2.24) is 0 Å². The lowest BCUT2D eigenvalue weighted by Crippen LogP contribution is -2.17. The molecule has 0 fully saturated rings. The van der Waals surface area contributed by atoms with Gasteiger partial charge in [0.05, 0.1) is 20.6 Å². The Bertz CT molecular complexity index is 456. The Balaban J connectivity index is 2.92. The molecule has 0 saturated carbocycles. The smallest absolute Gasteiger partial charge is 0.306 e. The zero-order valence-corrected chi connectivity index (χ0v) is 12.1. The molecule has 1 unspecified atom stereocenters. The third-order valence-corrected chi connectivity index (χ3v) is 3.28. The molecule has 1 aromatic rings. The van der Waals surface area contributed by atoms with Crippen molar-refractivity contribution >= 4 is 27.7 Å². The molecule has 0 amide bonds. The average molecular weight is 315 g/mol. The summed E-state index contributed by atoms with van der Waals surface area (Å²) in [5.41, 5.74) is 0.505. The number of carbonyl (C=O) groups excluding carboxylic acids is 2. The molecule has 0 aromatic heterocycles. The van der Waals surface area contributed by atoms with Gasteiger partial charge >= 0.3 is 5.97 Å². The molecule has 1 atom stereocenters. The highest BCUT2D eigenvalue weighted by Gasteiger charge is 2.21. The lowest BCUT2D eigenvalue weighted by atomic mass is 9.96. The van der Waals surface area contributed by atoms with Gasteiger partial charge in [-0.3, -0.25) is 9.59 Å². The second-order valence-corrected chi connectivity index (χ2v) is 4.75. The molecule has 0 aliphatic heterocycles. The zero-order chi connectivity index (χ0) is 13.7. The van der Waals surface area contributed by atoms with Crippen molar-refractivity contribution in [3.05, 3.63) is 28.2 Å². The molecule has 0 spiro atoms. The molecule has 0 saturated heterocycles. The number of hydrogen-bond donors (Lipinski definition) is 0. The Hall–Kier alpha value is -1.36. The van der Waals surface area contributed by atoms with Crippen molar-refractivity contribution < 1.29 is 19.1 Å². The zero-order valence-electron chi connectivity index (χ0n) is 10.5. The van der Waals surface area contributed by atoms with E-state index in [0.717, 1.165) is 0 Å².